The van der Waals surface area contributed by atoms with E-state index in [0.29, 0.717) is 13.0 Å². The highest BCUT2D eigenvalue weighted by Crippen LogP contribution is 2.36. The van der Waals surface area contributed by atoms with E-state index in [1.165, 1.54) is 0 Å². The number of ether oxygens (including phenoxy) is 1. The van der Waals surface area contributed by atoms with Crippen LogP contribution in [-0.2, 0) is 17.6 Å². The Kier molecular flexibility index (Phi) is 7.27. The number of aryl methyl sites for hydroxylation is 2. The molecule has 0 spiro atoms. The maximum Gasteiger partial charge on any atom is 0.411 e. The van der Waals surface area contributed by atoms with Gasteiger partial charge in [-0.1, -0.05) is 13.0 Å². The SMILES string of the molecule is CCc1ncc(C(C)N(C(=O)OC(C)(C)C)C2CC2)cc1CCCNC(=O)O. The Morgan fingerprint density at radius 2 is 2.07 bits per heavy atom. The average Bonchev–Trinajstić information content (AvgIpc) is 3.41. The number of carbonyl (C=O) groups excluding carboxylic acids is 1. The summed E-state index contributed by atoms with van der Waals surface area (Å²) >= 11 is 0. The smallest absolute Gasteiger partial charge is 0.411 e. The lowest BCUT2D eigenvalue weighted by molar-refractivity contribution is 0.0153. The second kappa shape index (κ2) is 9.26. The lowest BCUT2D eigenvalue weighted by Gasteiger charge is -2.32. The minimum absolute atomic E-state index is 0.128. The van der Waals surface area contributed by atoms with Crippen LogP contribution in [0.4, 0.5) is 9.59 Å². The molecule has 1 saturated carbocycles. The van der Waals surface area contributed by atoms with E-state index in [-0.39, 0.29) is 18.2 Å². The van der Waals surface area contributed by atoms with Crippen molar-refractivity contribution in [2.24, 2.45) is 0 Å². The molecule has 1 unspecified atom stereocenters. The van der Waals surface area contributed by atoms with E-state index in [2.05, 4.69) is 23.3 Å². The highest BCUT2D eigenvalue weighted by molar-refractivity contribution is 5.69. The third kappa shape index (κ3) is 6.39. The molecule has 0 saturated heterocycles. The Hall–Kier alpha value is -2.31. The van der Waals surface area contributed by atoms with Gasteiger partial charge in [-0.2, -0.15) is 0 Å². The van der Waals surface area contributed by atoms with Gasteiger partial charge in [-0.3, -0.25) is 9.88 Å². The molecule has 1 atom stereocenters. The fourth-order valence-electron chi connectivity index (χ4n) is 3.25. The molecule has 1 aromatic heterocycles. The topological polar surface area (TPSA) is 91.8 Å². The summed E-state index contributed by atoms with van der Waals surface area (Å²) in [6, 6.07) is 2.20. The van der Waals surface area contributed by atoms with E-state index in [0.717, 1.165) is 42.5 Å². The molecule has 0 aromatic carbocycles. The van der Waals surface area contributed by atoms with Crippen LogP contribution in [0.2, 0.25) is 0 Å². The first-order valence-electron chi connectivity index (χ1n) is 10.1. The van der Waals surface area contributed by atoms with Crippen molar-refractivity contribution in [1.82, 2.24) is 15.2 Å². The summed E-state index contributed by atoms with van der Waals surface area (Å²) in [4.78, 5) is 29.8. The molecule has 1 fully saturated rings. The molecule has 2 amide bonds. The molecular formula is C21H33N3O4. The first-order chi connectivity index (χ1) is 13.1. The number of nitrogens with one attached hydrogen (secondary N) is 1. The second-order valence-corrected chi connectivity index (χ2v) is 8.36. The van der Waals surface area contributed by atoms with Gasteiger partial charge in [0.2, 0.25) is 0 Å². The van der Waals surface area contributed by atoms with Gasteiger partial charge in [0.15, 0.2) is 0 Å². The number of amides is 2. The lowest BCUT2D eigenvalue weighted by atomic mass is 10.0. The van der Waals surface area contributed by atoms with Gasteiger partial charge in [0.1, 0.15) is 5.60 Å². The van der Waals surface area contributed by atoms with Crippen LogP contribution in [0.15, 0.2) is 12.3 Å². The fourth-order valence-corrected chi connectivity index (χ4v) is 3.25. The summed E-state index contributed by atoms with van der Waals surface area (Å²) in [5, 5.41) is 11.1. The Labute approximate surface area is 167 Å². The molecule has 156 valence electrons. The van der Waals surface area contributed by atoms with Gasteiger partial charge in [0, 0.05) is 24.5 Å². The van der Waals surface area contributed by atoms with Crippen molar-refractivity contribution in [1.29, 1.82) is 0 Å². The maximum atomic E-state index is 12.8. The van der Waals surface area contributed by atoms with Gasteiger partial charge in [-0.05, 0) is 70.9 Å². The number of aromatic nitrogens is 1. The number of hydrogen-bond acceptors (Lipinski definition) is 4. The largest absolute Gasteiger partial charge is 0.465 e. The zero-order valence-electron chi connectivity index (χ0n) is 17.6. The van der Waals surface area contributed by atoms with Crippen LogP contribution in [0, 0.1) is 0 Å². The van der Waals surface area contributed by atoms with Crippen LogP contribution in [0.3, 0.4) is 0 Å². The van der Waals surface area contributed by atoms with Crippen LogP contribution >= 0.6 is 0 Å². The van der Waals surface area contributed by atoms with E-state index >= 15 is 0 Å². The molecule has 0 bridgehead atoms. The van der Waals surface area contributed by atoms with Crippen LogP contribution < -0.4 is 5.32 Å². The normalized spacial score (nSPS) is 15.0. The van der Waals surface area contributed by atoms with Crippen molar-refractivity contribution < 1.29 is 19.4 Å². The molecule has 1 aromatic rings. The summed E-state index contributed by atoms with van der Waals surface area (Å²) in [5.41, 5.74) is 2.58. The standard InChI is InChI=1S/C21H33N3O4/c1-6-18-15(8-7-11-22-19(25)26)12-16(13-23-18)14(2)24(17-9-10-17)20(27)28-21(3,4)5/h12-14,17,22H,6-11H2,1-5H3,(H,25,26). The van der Waals surface area contributed by atoms with Crippen molar-refractivity contribution in [2.45, 2.75) is 84.4 Å². The van der Waals surface area contributed by atoms with Crippen molar-refractivity contribution in [3.05, 3.63) is 29.1 Å². The molecule has 7 heteroatoms. The number of rotatable bonds is 8. The van der Waals surface area contributed by atoms with Crippen molar-refractivity contribution in [2.75, 3.05) is 6.54 Å². The Bertz CT molecular complexity index is 695. The predicted molar refractivity (Wildman–Crippen MR) is 107 cm³/mol. The van der Waals surface area contributed by atoms with Gasteiger partial charge in [0.05, 0.1) is 6.04 Å². The molecule has 2 N–H and O–H groups in total. The van der Waals surface area contributed by atoms with Gasteiger partial charge >= 0.3 is 12.2 Å². The third-order valence-electron chi connectivity index (χ3n) is 4.76. The van der Waals surface area contributed by atoms with Gasteiger partial charge < -0.3 is 15.2 Å². The van der Waals surface area contributed by atoms with Crippen LogP contribution in [0.5, 0.6) is 0 Å². The number of pyridine rings is 1. The Balaban J connectivity index is 2.16. The van der Waals surface area contributed by atoms with Crippen LogP contribution in [-0.4, -0.2) is 45.4 Å². The first-order valence-corrected chi connectivity index (χ1v) is 10.1. The van der Waals surface area contributed by atoms with Crippen molar-refractivity contribution >= 4 is 12.2 Å². The summed E-state index contributed by atoms with van der Waals surface area (Å²) in [6.07, 6.45) is 4.82. The van der Waals surface area contributed by atoms with E-state index in [1.807, 2.05) is 38.8 Å². The molecule has 28 heavy (non-hydrogen) atoms. The number of nitrogens with zero attached hydrogens (tertiary/aromatic N) is 2. The third-order valence-corrected chi connectivity index (χ3v) is 4.76. The predicted octanol–water partition coefficient (Wildman–Crippen LogP) is 4.30. The lowest BCUT2D eigenvalue weighted by Crippen LogP contribution is -2.40. The van der Waals surface area contributed by atoms with E-state index in [9.17, 15) is 9.59 Å². The van der Waals surface area contributed by atoms with Crippen LogP contribution in [0.1, 0.15) is 76.7 Å². The summed E-state index contributed by atoms with van der Waals surface area (Å²) in [7, 11) is 0. The van der Waals surface area contributed by atoms with E-state index in [1.54, 1.807) is 0 Å². The molecule has 1 heterocycles. The molecule has 0 radical (unpaired) electrons. The zero-order valence-corrected chi connectivity index (χ0v) is 17.6. The van der Waals surface area contributed by atoms with Gasteiger partial charge in [-0.25, -0.2) is 9.59 Å². The molecule has 2 rings (SSSR count). The Morgan fingerprint density at radius 3 is 2.61 bits per heavy atom. The molecular weight excluding hydrogens is 358 g/mol. The summed E-state index contributed by atoms with van der Waals surface area (Å²) in [5.74, 6) is 0. The molecule has 0 aliphatic heterocycles. The minimum Gasteiger partial charge on any atom is -0.465 e. The number of carbonyl (C=O) groups is 2. The number of carboxylic acid groups (broad SMARTS) is 1. The summed E-state index contributed by atoms with van der Waals surface area (Å²) in [6.45, 7) is 10.1. The quantitative estimate of drug-likeness (QED) is 0.645. The van der Waals surface area contributed by atoms with E-state index < -0.39 is 11.7 Å². The second-order valence-electron chi connectivity index (χ2n) is 8.36. The molecule has 1 aliphatic carbocycles. The van der Waals surface area contributed by atoms with Crippen LogP contribution in [0.25, 0.3) is 0 Å². The summed E-state index contributed by atoms with van der Waals surface area (Å²) < 4.78 is 5.62. The van der Waals surface area contributed by atoms with Gasteiger partial charge in [0.25, 0.3) is 0 Å². The molecule has 1 aliphatic rings. The Morgan fingerprint density at radius 1 is 1.39 bits per heavy atom. The van der Waals surface area contributed by atoms with Crippen molar-refractivity contribution in [3.8, 4) is 0 Å². The van der Waals surface area contributed by atoms with Gasteiger partial charge in [-0.15, -0.1) is 0 Å². The zero-order chi connectivity index (χ0) is 20.9. The minimum atomic E-state index is -1.01. The van der Waals surface area contributed by atoms with Crippen molar-refractivity contribution in [3.63, 3.8) is 0 Å². The molecule has 7 nitrogen and oxygen atoms in total. The highest BCUT2D eigenvalue weighted by Gasteiger charge is 2.38. The monoisotopic (exact) mass is 391 g/mol. The average molecular weight is 392 g/mol. The van der Waals surface area contributed by atoms with E-state index in [4.69, 9.17) is 9.84 Å². The fraction of sp³-hybridized carbons (Fsp3) is 0.667. The maximum absolute atomic E-state index is 12.8. The highest BCUT2D eigenvalue weighted by atomic mass is 16.6. The number of hydrogen-bond donors (Lipinski definition) is 2. The first kappa shape index (κ1) is 22.0.